The summed E-state index contributed by atoms with van der Waals surface area (Å²) in [4.78, 5) is 14.2. The summed E-state index contributed by atoms with van der Waals surface area (Å²) in [7, 11) is 0. The summed E-state index contributed by atoms with van der Waals surface area (Å²) in [5.41, 5.74) is 9.46. The Morgan fingerprint density at radius 1 is 0.481 bits per heavy atom. The molecular formula is C21H18Al2N4. The van der Waals surface area contributed by atoms with Gasteiger partial charge < -0.3 is 5.73 Å². The number of nitrogens with two attached hydrogens (primary N) is 1. The molecule has 0 aliphatic heterocycles. The van der Waals surface area contributed by atoms with Crippen LogP contribution < -0.4 is 14.6 Å². The molecule has 4 rings (SSSR count). The third-order valence-corrected chi connectivity index (χ3v) is 5.76. The van der Waals surface area contributed by atoms with Crippen LogP contribution in [-0.2, 0) is 0 Å². The number of anilines is 1. The summed E-state index contributed by atoms with van der Waals surface area (Å²) in [6.07, 6.45) is 0. The van der Waals surface area contributed by atoms with Crippen molar-refractivity contribution in [2.75, 3.05) is 5.73 Å². The minimum atomic E-state index is 0.653. The van der Waals surface area contributed by atoms with Crippen molar-refractivity contribution in [1.29, 1.82) is 0 Å². The van der Waals surface area contributed by atoms with Gasteiger partial charge in [0.1, 0.15) is 0 Å². The van der Waals surface area contributed by atoms with Crippen molar-refractivity contribution in [3.8, 4) is 34.2 Å². The largest absolute Gasteiger partial charge is 0.399 e. The van der Waals surface area contributed by atoms with Crippen molar-refractivity contribution in [3.63, 3.8) is 0 Å². The normalized spacial score (nSPS) is 10.7. The van der Waals surface area contributed by atoms with Gasteiger partial charge in [-0.25, -0.2) is 15.0 Å². The Morgan fingerprint density at radius 3 is 1.11 bits per heavy atom. The number of benzene rings is 3. The van der Waals surface area contributed by atoms with Crippen molar-refractivity contribution in [2.45, 2.75) is 0 Å². The van der Waals surface area contributed by atoms with Crippen molar-refractivity contribution >= 4 is 47.1 Å². The molecule has 0 spiro atoms. The van der Waals surface area contributed by atoms with Gasteiger partial charge in [-0.05, 0) is 24.3 Å². The molecule has 0 amide bonds. The molecule has 1 aromatic heterocycles. The van der Waals surface area contributed by atoms with Crippen LogP contribution in [0.25, 0.3) is 34.2 Å². The van der Waals surface area contributed by atoms with Gasteiger partial charge in [-0.1, -0.05) is 48.5 Å². The lowest BCUT2D eigenvalue weighted by Gasteiger charge is -2.09. The monoisotopic (exact) mass is 380 g/mol. The second-order valence-electron chi connectivity index (χ2n) is 6.66. The maximum absolute atomic E-state index is 5.83. The van der Waals surface area contributed by atoms with Gasteiger partial charge in [-0.3, -0.25) is 0 Å². The molecule has 0 unspecified atom stereocenters. The standard InChI is InChI=1S/C21H14N4.2Al.4H/c22-18-13-11-17(12-14-18)21-24-19(15-7-3-1-4-8-15)23-20(25-21)16-9-5-2-6-10-16;;;;;;/h3-14H,22H2;;;;;;. The molecule has 2 N–H and O–H groups in total. The molecule has 4 nitrogen and oxygen atoms in total. The van der Waals surface area contributed by atoms with Gasteiger partial charge in [0.15, 0.2) is 17.5 Å². The van der Waals surface area contributed by atoms with Crippen LogP contribution in [0.1, 0.15) is 0 Å². The van der Waals surface area contributed by atoms with Gasteiger partial charge in [0.25, 0.3) is 32.6 Å². The number of nitrogens with zero attached hydrogens (tertiary/aromatic N) is 3. The Bertz CT molecular complexity index is 923. The van der Waals surface area contributed by atoms with Gasteiger partial charge in [0.2, 0.25) is 0 Å². The number of hydrogen-bond donors (Lipinski definition) is 1. The van der Waals surface area contributed by atoms with Crippen molar-refractivity contribution in [2.24, 2.45) is 0 Å². The van der Waals surface area contributed by atoms with Gasteiger partial charge in [0.05, 0.1) is 0 Å². The first-order chi connectivity index (χ1) is 13.1. The number of aromatic nitrogens is 3. The first-order valence-electron chi connectivity index (χ1n) is 8.84. The van der Waals surface area contributed by atoms with E-state index in [0.717, 1.165) is 55.0 Å². The molecule has 0 radical (unpaired) electrons. The van der Waals surface area contributed by atoms with Gasteiger partial charge in [-0.15, -0.1) is 8.85 Å². The maximum Gasteiger partial charge on any atom is 0.258 e. The minimum absolute atomic E-state index is 0.653. The fraction of sp³-hybridized carbons (Fsp3) is 0. The van der Waals surface area contributed by atoms with E-state index < -0.39 is 0 Å². The van der Waals surface area contributed by atoms with E-state index in [9.17, 15) is 0 Å². The summed E-state index contributed by atoms with van der Waals surface area (Å²) in [5, 5.41) is 0. The number of rotatable bonds is 3. The zero-order chi connectivity index (χ0) is 18.8. The van der Waals surface area contributed by atoms with E-state index in [-0.39, 0.29) is 0 Å². The molecule has 27 heavy (non-hydrogen) atoms. The zero-order valence-corrected chi connectivity index (χ0v) is 19.3. The molecule has 0 bridgehead atoms. The summed E-state index contributed by atoms with van der Waals surface area (Å²) >= 11 is 2.05. The minimum Gasteiger partial charge on any atom is -0.399 e. The molecule has 0 saturated heterocycles. The van der Waals surface area contributed by atoms with E-state index in [0.29, 0.717) is 17.5 Å². The smallest absolute Gasteiger partial charge is 0.258 e. The lowest BCUT2D eigenvalue weighted by atomic mass is 10.1. The Balaban J connectivity index is 1.89. The highest BCUT2D eigenvalue weighted by molar-refractivity contribution is 6.32. The Kier molecular flexibility index (Phi) is 5.08. The topological polar surface area (TPSA) is 64.7 Å². The highest BCUT2D eigenvalue weighted by Gasteiger charge is 2.12. The van der Waals surface area contributed by atoms with E-state index in [1.807, 2.05) is 24.3 Å². The molecule has 6 heteroatoms. The van der Waals surface area contributed by atoms with Crippen LogP contribution in [0.15, 0.2) is 72.8 Å². The van der Waals surface area contributed by atoms with E-state index >= 15 is 0 Å². The van der Waals surface area contributed by atoms with E-state index in [1.165, 1.54) is 8.85 Å². The highest BCUT2D eigenvalue weighted by Crippen LogP contribution is 2.24. The maximum atomic E-state index is 5.83. The average molecular weight is 380 g/mol. The Labute approximate surface area is 174 Å². The van der Waals surface area contributed by atoms with E-state index in [1.54, 1.807) is 0 Å². The van der Waals surface area contributed by atoms with Crippen molar-refractivity contribution < 1.29 is 0 Å². The van der Waals surface area contributed by atoms with E-state index in [2.05, 4.69) is 48.5 Å². The summed E-state index contributed by atoms with van der Waals surface area (Å²) in [5.74, 6) is 2.02. The van der Waals surface area contributed by atoms with Gasteiger partial charge in [0, 0.05) is 22.4 Å². The molecule has 0 atom stereocenters. The summed E-state index contributed by atoms with van der Waals surface area (Å²) in [6.45, 7) is 0. The third-order valence-electron chi connectivity index (χ3n) is 4.42. The fourth-order valence-electron chi connectivity index (χ4n) is 2.80. The fourth-order valence-corrected chi connectivity index (χ4v) is 3.47. The first-order valence-corrected chi connectivity index (χ1v) is 10.8. The Morgan fingerprint density at radius 2 is 0.778 bits per heavy atom. The molecule has 0 aliphatic carbocycles. The molecule has 0 fully saturated rings. The highest BCUT2D eigenvalue weighted by atomic mass is 27.1. The zero-order valence-electron chi connectivity index (χ0n) is 15.3. The quantitative estimate of drug-likeness (QED) is 0.425. The molecule has 0 aliphatic rings. The van der Waals surface area contributed by atoms with Crippen LogP contribution in [-0.4, -0.2) is 47.5 Å². The SMILES string of the molecule is Nc1ccc(-c2nc(-c3cc[c]([AlH2])cc3)nc(-c3cc[c]([AlH2])cc3)n2)cc1. The molecular weight excluding hydrogens is 362 g/mol. The van der Waals surface area contributed by atoms with Crippen LogP contribution in [0, 0.1) is 0 Å². The molecule has 1 heterocycles. The van der Waals surface area contributed by atoms with Gasteiger partial charge in [-0.2, -0.15) is 0 Å². The lowest BCUT2D eigenvalue weighted by molar-refractivity contribution is 1.07. The van der Waals surface area contributed by atoms with Gasteiger partial charge >= 0.3 is 0 Å². The summed E-state index contributed by atoms with van der Waals surface area (Å²) < 4.78 is 2.68. The third kappa shape index (κ3) is 4.11. The average Bonchev–Trinajstić information content (AvgIpc) is 2.69. The van der Waals surface area contributed by atoms with Crippen LogP contribution >= 0.6 is 0 Å². The Hall–Kier alpha value is -2.47. The number of hydrogen-bond acceptors (Lipinski definition) is 4. The molecule has 3 aromatic carbocycles. The van der Waals surface area contributed by atoms with Crippen LogP contribution in [0.3, 0.4) is 0 Å². The first kappa shape index (κ1) is 17.9. The predicted molar refractivity (Wildman–Crippen MR) is 117 cm³/mol. The lowest BCUT2D eigenvalue weighted by Crippen LogP contribution is -2.04. The van der Waals surface area contributed by atoms with Crippen LogP contribution in [0.2, 0.25) is 0 Å². The summed E-state index contributed by atoms with van der Waals surface area (Å²) in [6, 6.07) is 24.5. The molecule has 4 aromatic rings. The second kappa shape index (κ2) is 7.65. The van der Waals surface area contributed by atoms with Crippen molar-refractivity contribution in [3.05, 3.63) is 72.8 Å². The van der Waals surface area contributed by atoms with Crippen LogP contribution in [0.4, 0.5) is 5.69 Å². The predicted octanol–water partition coefficient (Wildman–Crippen LogP) is 0.972. The second-order valence-corrected chi connectivity index (χ2v) is 8.97. The van der Waals surface area contributed by atoms with Crippen LogP contribution in [0.5, 0.6) is 0 Å². The van der Waals surface area contributed by atoms with Crippen molar-refractivity contribution in [1.82, 2.24) is 15.0 Å². The van der Waals surface area contributed by atoms with E-state index in [4.69, 9.17) is 20.7 Å². The number of nitrogen functional groups attached to an aromatic ring is 1. The molecule has 128 valence electrons. The molecule has 0 saturated carbocycles.